The molecular formula is C8H16N2P+. The first-order chi connectivity index (χ1) is 5.27. The fourth-order valence-corrected chi connectivity index (χ4v) is 4.22. The summed E-state index contributed by atoms with van der Waals surface area (Å²) in [5.74, 6) is 0. The van der Waals surface area contributed by atoms with Gasteiger partial charge in [-0.2, -0.15) is 0 Å². The van der Waals surface area contributed by atoms with Crippen molar-refractivity contribution in [2.45, 2.75) is 13.8 Å². The molecule has 0 aliphatic carbocycles. The van der Waals surface area contributed by atoms with Crippen molar-refractivity contribution in [2.24, 2.45) is 0 Å². The van der Waals surface area contributed by atoms with E-state index in [0.29, 0.717) is 0 Å². The smallest absolute Gasteiger partial charge is 0.186 e. The Bertz CT molecular complexity index is 180. The third-order valence-corrected chi connectivity index (χ3v) is 5.18. The molecule has 2 nitrogen and oxygen atoms in total. The predicted molar refractivity (Wildman–Crippen MR) is 48.5 cm³/mol. The lowest BCUT2D eigenvalue weighted by molar-refractivity contribution is -0.484. The maximum absolute atomic E-state index is 2.65. The Kier molecular flexibility index (Phi) is 2.00. The maximum atomic E-state index is 2.65. The highest BCUT2D eigenvalue weighted by molar-refractivity contribution is 7.48. The van der Waals surface area contributed by atoms with Crippen molar-refractivity contribution in [3.63, 3.8) is 0 Å². The highest BCUT2D eigenvalue weighted by Gasteiger charge is 2.33. The van der Waals surface area contributed by atoms with Gasteiger partial charge in [0.15, 0.2) is 8.22 Å². The Hall–Kier alpha value is 0.0900. The summed E-state index contributed by atoms with van der Waals surface area (Å²) in [5.41, 5.74) is 3.25. The predicted octanol–water partition coefficient (Wildman–Crippen LogP) is 0.527. The first-order valence-corrected chi connectivity index (χ1v) is 5.82. The third kappa shape index (κ3) is 1.35. The Balaban J connectivity index is 2.14. The normalized spacial score (nSPS) is 32.7. The van der Waals surface area contributed by atoms with Crippen LogP contribution in [0.1, 0.15) is 13.8 Å². The van der Waals surface area contributed by atoms with Gasteiger partial charge >= 0.3 is 0 Å². The molecule has 1 unspecified atom stereocenters. The number of hydrogen-bond donors (Lipinski definition) is 1. The van der Waals surface area contributed by atoms with Gasteiger partial charge in [0.05, 0.1) is 19.3 Å². The van der Waals surface area contributed by atoms with Gasteiger partial charge in [-0.05, 0) is 13.8 Å². The summed E-state index contributed by atoms with van der Waals surface area (Å²) in [4.78, 5) is 0. The zero-order valence-electron chi connectivity index (χ0n) is 7.30. The van der Waals surface area contributed by atoms with Crippen molar-refractivity contribution >= 4 is 8.22 Å². The summed E-state index contributed by atoms with van der Waals surface area (Å²) in [7, 11) is 0.165. The highest BCUT2D eigenvalue weighted by Crippen LogP contribution is 2.39. The lowest BCUT2D eigenvalue weighted by Crippen LogP contribution is -2.75. The molecule has 0 radical (unpaired) electrons. The van der Waals surface area contributed by atoms with Crippen LogP contribution in [0.25, 0.3) is 0 Å². The van der Waals surface area contributed by atoms with Gasteiger partial charge in [0.25, 0.3) is 0 Å². The molecule has 0 bridgehead atoms. The number of fused-ring (bicyclic) bond motifs is 1. The summed E-state index contributed by atoms with van der Waals surface area (Å²) in [6.07, 6.45) is 1.35. The van der Waals surface area contributed by atoms with E-state index >= 15 is 0 Å². The first kappa shape index (κ1) is 7.72. The van der Waals surface area contributed by atoms with Crippen molar-refractivity contribution in [3.8, 4) is 0 Å². The van der Waals surface area contributed by atoms with E-state index in [-0.39, 0.29) is 8.22 Å². The summed E-state index contributed by atoms with van der Waals surface area (Å²) >= 11 is 0. The van der Waals surface area contributed by atoms with Gasteiger partial charge in [0, 0.05) is 6.54 Å². The minimum atomic E-state index is 0.165. The molecule has 0 aromatic heterocycles. The van der Waals surface area contributed by atoms with E-state index < -0.39 is 0 Å². The van der Waals surface area contributed by atoms with Crippen LogP contribution in [0.2, 0.25) is 0 Å². The van der Waals surface area contributed by atoms with Gasteiger partial charge in [0.1, 0.15) is 0 Å². The standard InChI is InChI=1S/C8H15N2P/c1-7-5-10-4-3-9-11(10)6-8(7)2/h9H,3-6H2,1-2H3/p+1. The number of nitrogens with two attached hydrogens (primary N) is 1. The van der Waals surface area contributed by atoms with Gasteiger partial charge in [-0.25, -0.2) is 4.67 Å². The van der Waals surface area contributed by atoms with Crippen LogP contribution >= 0.6 is 8.22 Å². The molecule has 2 aliphatic heterocycles. The number of allylic oxidation sites excluding steroid dienone is 1. The Morgan fingerprint density at radius 2 is 2.18 bits per heavy atom. The fourth-order valence-electron chi connectivity index (χ4n) is 1.72. The molecule has 0 saturated carbocycles. The monoisotopic (exact) mass is 171 g/mol. The van der Waals surface area contributed by atoms with Crippen molar-refractivity contribution in [1.82, 2.24) is 4.67 Å². The van der Waals surface area contributed by atoms with Gasteiger partial charge < -0.3 is 5.09 Å². The van der Waals surface area contributed by atoms with E-state index in [1.54, 1.807) is 11.1 Å². The SMILES string of the molecule is CC1=C(C)CP2[NH2+]CCN2C1. The van der Waals surface area contributed by atoms with Crippen molar-refractivity contribution < 1.29 is 5.09 Å². The van der Waals surface area contributed by atoms with Crippen LogP contribution in [0.3, 0.4) is 0 Å². The zero-order valence-corrected chi connectivity index (χ0v) is 8.19. The molecule has 2 heterocycles. The second kappa shape index (κ2) is 2.85. The summed E-state index contributed by atoms with van der Waals surface area (Å²) in [5, 5.41) is 2.53. The molecule has 2 aliphatic rings. The summed E-state index contributed by atoms with van der Waals surface area (Å²) in [6.45, 7) is 8.46. The molecule has 11 heavy (non-hydrogen) atoms. The van der Waals surface area contributed by atoms with E-state index in [2.05, 4.69) is 23.6 Å². The van der Waals surface area contributed by atoms with E-state index in [9.17, 15) is 0 Å². The molecule has 0 aromatic carbocycles. The van der Waals surface area contributed by atoms with Crippen molar-refractivity contribution in [3.05, 3.63) is 11.1 Å². The number of nitrogens with zero attached hydrogens (tertiary/aromatic N) is 1. The van der Waals surface area contributed by atoms with E-state index in [4.69, 9.17) is 0 Å². The van der Waals surface area contributed by atoms with Crippen LogP contribution in [-0.4, -0.2) is 30.5 Å². The number of hydrogen-bond acceptors (Lipinski definition) is 1. The molecule has 2 rings (SSSR count). The molecule has 1 fully saturated rings. The highest BCUT2D eigenvalue weighted by atomic mass is 31.1. The Morgan fingerprint density at radius 1 is 1.36 bits per heavy atom. The third-order valence-electron chi connectivity index (χ3n) is 2.64. The number of rotatable bonds is 0. The summed E-state index contributed by atoms with van der Waals surface area (Å²) in [6, 6.07) is 0. The van der Waals surface area contributed by atoms with E-state index in [0.717, 1.165) is 0 Å². The molecule has 0 aromatic rings. The maximum Gasteiger partial charge on any atom is 0.186 e. The molecule has 1 saturated heterocycles. The number of quaternary nitrogens is 1. The van der Waals surface area contributed by atoms with E-state index in [1.165, 1.54) is 25.8 Å². The summed E-state index contributed by atoms with van der Waals surface area (Å²) < 4.78 is 2.65. The second-order valence-electron chi connectivity index (χ2n) is 3.52. The fraction of sp³-hybridized carbons (Fsp3) is 0.750. The lowest BCUT2D eigenvalue weighted by atomic mass is 10.2. The zero-order chi connectivity index (χ0) is 7.84. The van der Waals surface area contributed by atoms with Gasteiger partial charge in [0.2, 0.25) is 0 Å². The molecule has 62 valence electrons. The quantitative estimate of drug-likeness (QED) is 0.416. The van der Waals surface area contributed by atoms with Crippen LogP contribution in [0, 0.1) is 0 Å². The van der Waals surface area contributed by atoms with Crippen molar-refractivity contribution in [2.75, 3.05) is 25.8 Å². The minimum Gasteiger partial charge on any atom is -0.318 e. The van der Waals surface area contributed by atoms with Crippen LogP contribution in [0.15, 0.2) is 11.1 Å². The Labute approximate surface area is 69.5 Å². The van der Waals surface area contributed by atoms with Crippen LogP contribution < -0.4 is 5.09 Å². The molecule has 1 atom stereocenters. The average molecular weight is 171 g/mol. The molecule has 3 heteroatoms. The van der Waals surface area contributed by atoms with E-state index in [1.807, 2.05) is 0 Å². The van der Waals surface area contributed by atoms with Crippen LogP contribution in [-0.2, 0) is 0 Å². The Morgan fingerprint density at radius 3 is 3.00 bits per heavy atom. The van der Waals surface area contributed by atoms with Gasteiger partial charge in [-0.3, -0.25) is 0 Å². The average Bonchev–Trinajstić information content (AvgIpc) is 2.36. The molecule has 2 N–H and O–H groups in total. The van der Waals surface area contributed by atoms with Crippen LogP contribution in [0.4, 0.5) is 0 Å². The first-order valence-electron chi connectivity index (χ1n) is 4.27. The van der Waals surface area contributed by atoms with Gasteiger partial charge in [-0.15, -0.1) is 0 Å². The largest absolute Gasteiger partial charge is 0.318 e. The van der Waals surface area contributed by atoms with Crippen molar-refractivity contribution in [1.29, 1.82) is 0 Å². The second-order valence-corrected chi connectivity index (χ2v) is 5.64. The molecular weight excluding hydrogens is 155 g/mol. The van der Waals surface area contributed by atoms with Gasteiger partial charge in [-0.1, -0.05) is 11.1 Å². The lowest BCUT2D eigenvalue weighted by Gasteiger charge is -2.26. The molecule has 0 spiro atoms. The van der Waals surface area contributed by atoms with Crippen LogP contribution in [0.5, 0.6) is 0 Å². The topological polar surface area (TPSA) is 19.9 Å². The molecule has 0 amide bonds. The minimum absolute atomic E-state index is 0.165.